The van der Waals surface area contributed by atoms with E-state index in [4.69, 9.17) is 0 Å². The lowest BCUT2D eigenvalue weighted by Crippen LogP contribution is -2.45. The van der Waals surface area contributed by atoms with Crippen LogP contribution in [0.25, 0.3) is 0 Å². The summed E-state index contributed by atoms with van der Waals surface area (Å²) in [6.07, 6.45) is 5.17. The van der Waals surface area contributed by atoms with E-state index >= 15 is 0 Å². The van der Waals surface area contributed by atoms with Crippen molar-refractivity contribution in [3.63, 3.8) is 0 Å². The Labute approximate surface area is 107 Å². The number of hydrogen-bond donors (Lipinski definition) is 2. The zero-order chi connectivity index (χ0) is 12.7. The van der Waals surface area contributed by atoms with Gasteiger partial charge in [-0.3, -0.25) is 0 Å². The fourth-order valence-electron chi connectivity index (χ4n) is 3.32. The van der Waals surface area contributed by atoms with Crippen LogP contribution in [0.2, 0.25) is 0 Å². The SMILES string of the molecule is CC(O)c1ccc(N2C3CCC2CC(O)C3)nc1. The van der Waals surface area contributed by atoms with E-state index in [2.05, 4.69) is 9.88 Å². The van der Waals surface area contributed by atoms with E-state index in [9.17, 15) is 10.2 Å². The van der Waals surface area contributed by atoms with Crippen molar-refractivity contribution in [3.8, 4) is 0 Å². The minimum absolute atomic E-state index is 0.143. The molecule has 4 heteroatoms. The molecule has 2 N–H and O–H groups in total. The Morgan fingerprint density at radius 1 is 1.28 bits per heavy atom. The molecule has 0 aromatic carbocycles. The molecule has 4 nitrogen and oxygen atoms in total. The maximum absolute atomic E-state index is 9.79. The van der Waals surface area contributed by atoms with E-state index in [0.717, 1.165) is 37.1 Å². The lowest BCUT2D eigenvalue weighted by atomic mass is 10.00. The van der Waals surface area contributed by atoms with Crippen LogP contribution in [0.4, 0.5) is 5.82 Å². The van der Waals surface area contributed by atoms with Crippen molar-refractivity contribution < 1.29 is 10.2 Å². The lowest BCUT2D eigenvalue weighted by Gasteiger charge is -2.38. The third-order valence-corrected chi connectivity index (χ3v) is 4.23. The highest BCUT2D eigenvalue weighted by Crippen LogP contribution is 2.38. The molecule has 0 spiro atoms. The number of nitrogens with zero attached hydrogens (tertiary/aromatic N) is 2. The molecule has 3 rings (SSSR count). The maximum Gasteiger partial charge on any atom is 0.128 e. The third kappa shape index (κ3) is 1.99. The van der Waals surface area contributed by atoms with Crippen molar-refractivity contribution in [1.29, 1.82) is 0 Å². The first-order valence-electron chi connectivity index (χ1n) is 6.75. The van der Waals surface area contributed by atoms with Crippen molar-refractivity contribution in [2.75, 3.05) is 4.90 Å². The standard InChI is InChI=1S/C14H20N2O2/c1-9(17)10-2-5-14(15-8-10)16-11-3-4-12(16)7-13(18)6-11/h2,5,8-9,11-13,17-18H,3-4,6-7H2,1H3. The average molecular weight is 248 g/mol. The van der Waals surface area contributed by atoms with Crippen LogP contribution in [-0.4, -0.2) is 33.4 Å². The molecule has 2 aliphatic heterocycles. The van der Waals surface area contributed by atoms with Gasteiger partial charge in [-0.25, -0.2) is 4.98 Å². The Hall–Kier alpha value is -1.13. The van der Waals surface area contributed by atoms with Gasteiger partial charge in [-0.05, 0) is 44.2 Å². The van der Waals surface area contributed by atoms with Crippen LogP contribution in [0.1, 0.15) is 44.3 Å². The van der Waals surface area contributed by atoms with E-state index in [0.29, 0.717) is 12.1 Å². The summed E-state index contributed by atoms with van der Waals surface area (Å²) >= 11 is 0. The summed E-state index contributed by atoms with van der Waals surface area (Å²) in [6.45, 7) is 1.75. The molecule has 0 saturated carbocycles. The molecular formula is C14H20N2O2. The first kappa shape index (κ1) is 11.9. The largest absolute Gasteiger partial charge is 0.393 e. The molecule has 0 aliphatic carbocycles. The number of aromatic nitrogens is 1. The Balaban J connectivity index is 1.83. The number of aliphatic hydroxyl groups excluding tert-OH is 2. The number of hydrogen-bond acceptors (Lipinski definition) is 4. The molecule has 98 valence electrons. The molecule has 0 amide bonds. The number of aliphatic hydroxyl groups is 2. The van der Waals surface area contributed by atoms with Crippen molar-refractivity contribution >= 4 is 5.82 Å². The highest BCUT2D eigenvalue weighted by molar-refractivity contribution is 5.44. The summed E-state index contributed by atoms with van der Waals surface area (Å²) in [5.74, 6) is 0.985. The Morgan fingerprint density at radius 3 is 2.44 bits per heavy atom. The van der Waals surface area contributed by atoms with E-state index in [1.807, 2.05) is 12.1 Å². The van der Waals surface area contributed by atoms with Gasteiger partial charge in [-0.15, -0.1) is 0 Å². The number of pyridine rings is 1. The summed E-state index contributed by atoms with van der Waals surface area (Å²) in [7, 11) is 0. The summed E-state index contributed by atoms with van der Waals surface area (Å²) in [4.78, 5) is 6.83. The molecular weight excluding hydrogens is 228 g/mol. The Morgan fingerprint density at radius 2 is 1.94 bits per heavy atom. The van der Waals surface area contributed by atoms with Gasteiger partial charge in [0.25, 0.3) is 0 Å². The minimum atomic E-state index is -0.466. The molecule has 3 atom stereocenters. The molecule has 3 heterocycles. The molecule has 1 aromatic rings. The highest BCUT2D eigenvalue weighted by atomic mass is 16.3. The zero-order valence-electron chi connectivity index (χ0n) is 10.7. The molecule has 2 saturated heterocycles. The topological polar surface area (TPSA) is 56.6 Å². The maximum atomic E-state index is 9.79. The zero-order valence-corrected chi connectivity index (χ0v) is 10.7. The van der Waals surface area contributed by atoms with E-state index < -0.39 is 6.10 Å². The van der Waals surface area contributed by atoms with Crippen LogP contribution in [0.5, 0.6) is 0 Å². The van der Waals surface area contributed by atoms with Crippen molar-refractivity contribution in [2.24, 2.45) is 0 Å². The summed E-state index contributed by atoms with van der Waals surface area (Å²) in [5, 5.41) is 19.3. The molecule has 2 bridgehead atoms. The predicted molar refractivity (Wildman–Crippen MR) is 69.4 cm³/mol. The number of fused-ring (bicyclic) bond motifs is 2. The molecule has 2 aliphatic rings. The van der Waals surface area contributed by atoms with Gasteiger partial charge >= 0.3 is 0 Å². The van der Waals surface area contributed by atoms with E-state index in [-0.39, 0.29) is 6.10 Å². The van der Waals surface area contributed by atoms with Gasteiger partial charge in [-0.1, -0.05) is 6.07 Å². The second kappa shape index (κ2) is 4.52. The molecule has 3 unspecified atom stereocenters. The second-order valence-electron chi connectivity index (χ2n) is 5.54. The molecule has 1 aromatic heterocycles. The monoisotopic (exact) mass is 248 g/mol. The van der Waals surface area contributed by atoms with Crippen LogP contribution in [0, 0.1) is 0 Å². The van der Waals surface area contributed by atoms with E-state index in [1.165, 1.54) is 0 Å². The van der Waals surface area contributed by atoms with Crippen molar-refractivity contribution in [3.05, 3.63) is 23.9 Å². The van der Waals surface area contributed by atoms with Gasteiger partial charge in [-0.2, -0.15) is 0 Å². The quantitative estimate of drug-likeness (QED) is 0.835. The first-order valence-corrected chi connectivity index (χ1v) is 6.75. The van der Waals surface area contributed by atoms with Gasteiger partial charge in [0.05, 0.1) is 12.2 Å². The van der Waals surface area contributed by atoms with Crippen LogP contribution >= 0.6 is 0 Å². The fraction of sp³-hybridized carbons (Fsp3) is 0.643. The van der Waals surface area contributed by atoms with Crippen LogP contribution < -0.4 is 4.90 Å². The third-order valence-electron chi connectivity index (χ3n) is 4.23. The fourth-order valence-corrected chi connectivity index (χ4v) is 3.32. The highest BCUT2D eigenvalue weighted by Gasteiger charge is 2.40. The van der Waals surface area contributed by atoms with Crippen LogP contribution in [0.3, 0.4) is 0 Å². The molecule has 0 radical (unpaired) electrons. The number of anilines is 1. The van der Waals surface area contributed by atoms with Gasteiger partial charge < -0.3 is 15.1 Å². The smallest absolute Gasteiger partial charge is 0.128 e. The van der Waals surface area contributed by atoms with Gasteiger partial charge in [0.1, 0.15) is 5.82 Å². The van der Waals surface area contributed by atoms with Gasteiger partial charge in [0, 0.05) is 18.3 Å². The van der Waals surface area contributed by atoms with Gasteiger partial charge in [0.15, 0.2) is 0 Å². The summed E-state index contributed by atoms with van der Waals surface area (Å²) < 4.78 is 0. The Bertz CT molecular complexity index is 404. The van der Waals surface area contributed by atoms with Crippen molar-refractivity contribution in [2.45, 2.75) is 56.9 Å². The summed E-state index contributed by atoms with van der Waals surface area (Å²) in [6, 6.07) is 4.80. The van der Waals surface area contributed by atoms with E-state index in [1.54, 1.807) is 13.1 Å². The minimum Gasteiger partial charge on any atom is -0.393 e. The summed E-state index contributed by atoms with van der Waals surface area (Å²) in [5.41, 5.74) is 0.850. The number of piperidine rings is 1. The normalized spacial score (nSPS) is 32.6. The Kier molecular flexibility index (Phi) is 2.99. The predicted octanol–water partition coefficient (Wildman–Crippen LogP) is 1.63. The lowest BCUT2D eigenvalue weighted by molar-refractivity contribution is 0.126. The molecule has 2 fully saturated rings. The second-order valence-corrected chi connectivity index (χ2v) is 5.54. The van der Waals surface area contributed by atoms with Crippen LogP contribution in [0.15, 0.2) is 18.3 Å². The molecule has 18 heavy (non-hydrogen) atoms. The van der Waals surface area contributed by atoms with Crippen LogP contribution in [-0.2, 0) is 0 Å². The average Bonchev–Trinajstić information content (AvgIpc) is 2.62. The number of rotatable bonds is 2. The van der Waals surface area contributed by atoms with Crippen molar-refractivity contribution in [1.82, 2.24) is 4.98 Å². The van der Waals surface area contributed by atoms with Gasteiger partial charge in [0.2, 0.25) is 0 Å². The first-order chi connectivity index (χ1) is 8.65.